The van der Waals surface area contributed by atoms with E-state index in [9.17, 15) is 8.42 Å². The van der Waals surface area contributed by atoms with Crippen LogP contribution in [0.1, 0.15) is 49.9 Å². The van der Waals surface area contributed by atoms with Crippen LogP contribution in [0.25, 0.3) is 5.69 Å². The SMILES string of the molecule is COc1cccc(OC)c1-n1c(NS(=O)(=O)C(C)C(OC)c2ncc(Cl)cn2)nnc1[C@@H]1CC[C@H](OC)C1. The van der Waals surface area contributed by atoms with E-state index in [4.69, 9.17) is 30.5 Å². The lowest BCUT2D eigenvalue weighted by Gasteiger charge is -2.23. The highest BCUT2D eigenvalue weighted by atomic mass is 35.5. The largest absolute Gasteiger partial charge is 0.494 e. The first-order valence-electron chi connectivity index (χ1n) is 11.9. The molecule has 1 saturated carbocycles. The lowest BCUT2D eigenvalue weighted by molar-refractivity contribution is 0.0950. The van der Waals surface area contributed by atoms with Crippen LogP contribution >= 0.6 is 11.6 Å². The van der Waals surface area contributed by atoms with Crippen molar-refractivity contribution in [1.29, 1.82) is 0 Å². The molecule has 12 nitrogen and oxygen atoms in total. The summed E-state index contributed by atoms with van der Waals surface area (Å²) in [5.74, 6) is 1.64. The number of sulfonamides is 1. The topological polar surface area (TPSA) is 140 Å². The highest BCUT2D eigenvalue weighted by molar-refractivity contribution is 7.93. The molecule has 1 fully saturated rings. The summed E-state index contributed by atoms with van der Waals surface area (Å²) < 4.78 is 53.8. The Hall–Kier alpha value is -3.00. The molecule has 0 bridgehead atoms. The lowest BCUT2D eigenvalue weighted by Crippen LogP contribution is -2.33. The van der Waals surface area contributed by atoms with Gasteiger partial charge < -0.3 is 18.9 Å². The lowest BCUT2D eigenvalue weighted by atomic mass is 10.1. The second-order valence-electron chi connectivity index (χ2n) is 8.86. The molecular weight excluding hydrogens is 536 g/mol. The molecule has 1 aromatic carbocycles. The zero-order valence-corrected chi connectivity index (χ0v) is 23.4. The molecule has 0 spiro atoms. The molecule has 2 unspecified atom stereocenters. The maximum atomic E-state index is 13.6. The van der Waals surface area contributed by atoms with Crippen LogP contribution in [-0.2, 0) is 19.5 Å². The Morgan fingerprint density at radius 1 is 1.05 bits per heavy atom. The molecule has 3 aromatic rings. The van der Waals surface area contributed by atoms with Gasteiger partial charge in [0.05, 0.1) is 25.3 Å². The highest BCUT2D eigenvalue weighted by Crippen LogP contribution is 2.41. The molecule has 2 aromatic heterocycles. The van der Waals surface area contributed by atoms with Gasteiger partial charge in [-0.3, -0.25) is 9.29 Å². The number of rotatable bonds is 11. The van der Waals surface area contributed by atoms with Gasteiger partial charge in [-0.1, -0.05) is 17.7 Å². The third-order valence-electron chi connectivity index (χ3n) is 6.69. The fraction of sp³-hybridized carbons (Fsp3) is 0.500. The molecule has 4 atom stereocenters. The normalized spacial score (nSPS) is 19.2. The van der Waals surface area contributed by atoms with Gasteiger partial charge >= 0.3 is 0 Å². The number of anilines is 1. The standard InChI is InChI=1S/C24H31ClN6O6S/c1-14(21(37-5)22-26-12-16(25)13-27-22)38(32,33)30-24-29-28-23(15-9-10-17(11-15)34-2)31(24)20-18(35-3)7-6-8-19(20)36-4/h6-8,12-15,17,21H,9-11H2,1-5H3,(H,29,30)/t14?,15-,17+,21?/m1/s1. The molecule has 4 rings (SSSR count). The quantitative estimate of drug-likeness (QED) is 0.366. The van der Waals surface area contributed by atoms with Gasteiger partial charge in [-0.25, -0.2) is 18.4 Å². The van der Waals surface area contributed by atoms with E-state index in [0.29, 0.717) is 28.0 Å². The van der Waals surface area contributed by atoms with E-state index in [0.717, 1.165) is 19.3 Å². The smallest absolute Gasteiger partial charge is 0.243 e. The number of nitrogens with one attached hydrogen (secondary N) is 1. The number of hydrogen-bond acceptors (Lipinski definition) is 10. The van der Waals surface area contributed by atoms with E-state index in [1.807, 2.05) is 0 Å². The van der Waals surface area contributed by atoms with E-state index in [-0.39, 0.29) is 23.8 Å². The predicted octanol–water partition coefficient (Wildman–Crippen LogP) is 3.53. The van der Waals surface area contributed by atoms with E-state index in [1.54, 1.807) is 29.9 Å². The Morgan fingerprint density at radius 2 is 1.71 bits per heavy atom. The summed E-state index contributed by atoms with van der Waals surface area (Å²) in [5.41, 5.74) is 0.480. The van der Waals surface area contributed by atoms with Gasteiger partial charge in [0.25, 0.3) is 0 Å². The molecule has 2 heterocycles. The van der Waals surface area contributed by atoms with Crippen molar-refractivity contribution in [2.24, 2.45) is 0 Å². The summed E-state index contributed by atoms with van der Waals surface area (Å²) in [6.07, 6.45) is 4.24. The van der Waals surface area contributed by atoms with Gasteiger partial charge in [-0.15, -0.1) is 10.2 Å². The minimum Gasteiger partial charge on any atom is -0.494 e. The fourth-order valence-electron chi connectivity index (χ4n) is 4.65. The molecule has 0 amide bonds. The van der Waals surface area contributed by atoms with Crippen LogP contribution in [-0.4, -0.2) is 72.9 Å². The maximum Gasteiger partial charge on any atom is 0.243 e. The number of ether oxygens (including phenoxy) is 4. The van der Waals surface area contributed by atoms with Gasteiger partial charge in [-0.05, 0) is 38.3 Å². The predicted molar refractivity (Wildman–Crippen MR) is 141 cm³/mol. The van der Waals surface area contributed by atoms with Crippen LogP contribution in [0.4, 0.5) is 5.95 Å². The summed E-state index contributed by atoms with van der Waals surface area (Å²) in [7, 11) is 2.03. The van der Waals surface area contributed by atoms with Crippen LogP contribution in [0.5, 0.6) is 11.5 Å². The van der Waals surface area contributed by atoms with Gasteiger partial charge in [0.1, 0.15) is 34.4 Å². The van der Waals surface area contributed by atoms with Crippen molar-refractivity contribution in [2.75, 3.05) is 33.2 Å². The number of methoxy groups -OCH3 is 4. The first kappa shape index (κ1) is 28.0. The number of aromatic nitrogens is 5. The Morgan fingerprint density at radius 3 is 2.26 bits per heavy atom. The molecule has 38 heavy (non-hydrogen) atoms. The zero-order valence-electron chi connectivity index (χ0n) is 21.8. The van der Waals surface area contributed by atoms with Crippen LogP contribution in [0.3, 0.4) is 0 Å². The number of benzene rings is 1. The molecule has 14 heteroatoms. The Bertz CT molecular complexity index is 1330. The summed E-state index contributed by atoms with van der Waals surface area (Å²) >= 11 is 5.89. The van der Waals surface area contributed by atoms with E-state index >= 15 is 0 Å². The molecule has 206 valence electrons. The third kappa shape index (κ3) is 5.55. The molecule has 0 aliphatic heterocycles. The Labute approximate surface area is 226 Å². The second-order valence-corrected chi connectivity index (χ2v) is 11.3. The summed E-state index contributed by atoms with van der Waals surface area (Å²) in [5, 5.41) is 7.90. The van der Waals surface area contributed by atoms with Crippen molar-refractivity contribution in [1.82, 2.24) is 24.7 Å². The van der Waals surface area contributed by atoms with Gasteiger partial charge in [0.15, 0.2) is 5.82 Å². The first-order chi connectivity index (χ1) is 18.2. The van der Waals surface area contributed by atoms with Crippen molar-refractivity contribution < 1.29 is 27.4 Å². The van der Waals surface area contributed by atoms with Crippen LogP contribution < -0.4 is 14.2 Å². The summed E-state index contributed by atoms with van der Waals surface area (Å²) in [4.78, 5) is 8.27. The van der Waals surface area contributed by atoms with Crippen molar-refractivity contribution in [3.8, 4) is 17.2 Å². The minimum atomic E-state index is -4.10. The molecule has 1 aliphatic rings. The summed E-state index contributed by atoms with van der Waals surface area (Å²) in [6.45, 7) is 1.50. The van der Waals surface area contributed by atoms with Gasteiger partial charge in [0.2, 0.25) is 16.0 Å². The maximum absolute atomic E-state index is 13.6. The minimum absolute atomic E-state index is 0.0117. The van der Waals surface area contributed by atoms with Crippen LogP contribution in [0.2, 0.25) is 5.02 Å². The molecule has 0 radical (unpaired) electrons. The van der Waals surface area contributed by atoms with Gasteiger partial charge in [-0.2, -0.15) is 0 Å². The molecule has 0 saturated heterocycles. The number of para-hydroxylation sites is 1. The van der Waals surface area contributed by atoms with Crippen molar-refractivity contribution in [3.05, 3.63) is 47.3 Å². The van der Waals surface area contributed by atoms with Crippen LogP contribution in [0, 0.1) is 0 Å². The molecular formula is C24H31ClN6O6S. The van der Waals surface area contributed by atoms with E-state index < -0.39 is 21.4 Å². The monoisotopic (exact) mass is 566 g/mol. The molecule has 1 aliphatic carbocycles. The summed E-state index contributed by atoms with van der Waals surface area (Å²) in [6, 6.07) is 5.30. The Kier molecular flexibility index (Phi) is 8.71. The second kappa shape index (κ2) is 11.8. The average molecular weight is 567 g/mol. The third-order valence-corrected chi connectivity index (χ3v) is 8.58. The number of halogens is 1. The van der Waals surface area contributed by atoms with Gasteiger partial charge in [0, 0.05) is 32.5 Å². The van der Waals surface area contributed by atoms with Crippen molar-refractivity contribution in [3.63, 3.8) is 0 Å². The molecule has 1 N–H and O–H groups in total. The average Bonchev–Trinajstić information content (AvgIpc) is 3.56. The number of hydrogen-bond donors (Lipinski definition) is 1. The van der Waals surface area contributed by atoms with E-state index in [2.05, 4.69) is 24.9 Å². The van der Waals surface area contributed by atoms with Crippen LogP contribution in [0.15, 0.2) is 30.6 Å². The van der Waals surface area contributed by atoms with E-state index in [1.165, 1.54) is 40.6 Å². The van der Waals surface area contributed by atoms with Crippen molar-refractivity contribution >= 4 is 27.6 Å². The first-order valence-corrected chi connectivity index (χ1v) is 13.9. The number of nitrogens with zero attached hydrogens (tertiary/aromatic N) is 5. The zero-order chi connectivity index (χ0) is 27.4. The highest BCUT2D eigenvalue weighted by Gasteiger charge is 2.37. The Balaban J connectivity index is 1.78. The fourth-order valence-corrected chi connectivity index (χ4v) is 5.88. The van der Waals surface area contributed by atoms with Crippen molar-refractivity contribution in [2.45, 2.75) is 49.6 Å².